The number of aryl methyl sites for hydroxylation is 1. The van der Waals surface area contributed by atoms with Crippen molar-refractivity contribution in [2.45, 2.75) is 26.3 Å². The van der Waals surface area contributed by atoms with Crippen LogP contribution in [0, 0.1) is 0 Å². The van der Waals surface area contributed by atoms with Crippen molar-refractivity contribution in [1.29, 1.82) is 0 Å². The Balaban J connectivity index is 1.59. The number of fused-ring (bicyclic) bond motifs is 1. The summed E-state index contributed by atoms with van der Waals surface area (Å²) in [5.41, 5.74) is 5.08. The van der Waals surface area contributed by atoms with Crippen molar-refractivity contribution >= 4 is 11.0 Å². The molecule has 0 spiro atoms. The van der Waals surface area contributed by atoms with Crippen LogP contribution in [0.4, 0.5) is 0 Å². The summed E-state index contributed by atoms with van der Waals surface area (Å²) in [4.78, 5) is 12.0. The molecule has 0 unspecified atom stereocenters. The third-order valence-corrected chi connectivity index (χ3v) is 4.87. The van der Waals surface area contributed by atoms with Crippen LogP contribution >= 0.6 is 0 Å². The monoisotopic (exact) mass is 356 g/mol. The predicted octanol–water partition coefficient (Wildman–Crippen LogP) is 4.28. The molecule has 0 aliphatic carbocycles. The molecule has 27 heavy (non-hydrogen) atoms. The maximum absolute atomic E-state index is 12.0. The predicted molar refractivity (Wildman–Crippen MR) is 107 cm³/mol. The van der Waals surface area contributed by atoms with Crippen LogP contribution in [0.25, 0.3) is 11.0 Å². The van der Waals surface area contributed by atoms with E-state index in [0.717, 1.165) is 23.8 Å². The van der Waals surface area contributed by atoms with Crippen LogP contribution in [0.5, 0.6) is 0 Å². The van der Waals surface area contributed by atoms with E-state index in [2.05, 4.69) is 72.4 Å². The van der Waals surface area contributed by atoms with Gasteiger partial charge < -0.3 is 4.42 Å². The SMILES string of the molecule is CCc1ccc2c(C[n+]3ccc(Cc4ccccc4)cc3)cc(=O)oc2c1. The first-order chi connectivity index (χ1) is 13.2. The van der Waals surface area contributed by atoms with Crippen molar-refractivity contribution in [3.05, 3.63) is 112 Å². The third kappa shape index (κ3) is 3.98. The first-order valence-electron chi connectivity index (χ1n) is 9.29. The Hall–Kier alpha value is -3.20. The zero-order valence-corrected chi connectivity index (χ0v) is 15.4. The smallest absolute Gasteiger partial charge is 0.336 e. The highest BCUT2D eigenvalue weighted by molar-refractivity contribution is 5.80. The Kier molecular flexibility index (Phi) is 4.84. The van der Waals surface area contributed by atoms with E-state index in [1.54, 1.807) is 6.07 Å². The fourth-order valence-electron chi connectivity index (χ4n) is 3.36. The highest BCUT2D eigenvalue weighted by atomic mass is 16.4. The lowest BCUT2D eigenvalue weighted by Gasteiger charge is -2.05. The van der Waals surface area contributed by atoms with Gasteiger partial charge in [-0.15, -0.1) is 0 Å². The quantitative estimate of drug-likeness (QED) is 0.395. The summed E-state index contributed by atoms with van der Waals surface area (Å²) in [6.07, 6.45) is 5.97. The maximum atomic E-state index is 12.0. The number of aromatic nitrogens is 1. The molecule has 3 heteroatoms. The molecule has 3 nitrogen and oxygen atoms in total. The second-order valence-electron chi connectivity index (χ2n) is 6.82. The summed E-state index contributed by atoms with van der Waals surface area (Å²) < 4.78 is 7.50. The van der Waals surface area contributed by atoms with E-state index in [1.807, 2.05) is 12.1 Å². The maximum Gasteiger partial charge on any atom is 0.336 e. The number of benzene rings is 2. The molecular weight excluding hydrogens is 334 g/mol. The number of hydrogen-bond donors (Lipinski definition) is 0. The topological polar surface area (TPSA) is 34.1 Å². The van der Waals surface area contributed by atoms with Gasteiger partial charge in [0.15, 0.2) is 18.9 Å². The molecule has 2 heterocycles. The molecule has 0 aliphatic heterocycles. The normalized spacial score (nSPS) is 11.0. The third-order valence-electron chi connectivity index (χ3n) is 4.87. The second-order valence-corrected chi connectivity index (χ2v) is 6.82. The Bertz CT molecular complexity index is 1110. The Morgan fingerprint density at radius 2 is 1.59 bits per heavy atom. The summed E-state index contributed by atoms with van der Waals surface area (Å²) in [7, 11) is 0. The van der Waals surface area contributed by atoms with Gasteiger partial charge in [0.2, 0.25) is 0 Å². The van der Waals surface area contributed by atoms with Crippen molar-refractivity contribution in [2.24, 2.45) is 0 Å². The summed E-state index contributed by atoms with van der Waals surface area (Å²) in [6.45, 7) is 2.73. The van der Waals surface area contributed by atoms with E-state index in [0.29, 0.717) is 12.1 Å². The van der Waals surface area contributed by atoms with Crippen molar-refractivity contribution in [3.8, 4) is 0 Å². The van der Waals surface area contributed by atoms with E-state index >= 15 is 0 Å². The largest absolute Gasteiger partial charge is 0.423 e. The highest BCUT2D eigenvalue weighted by Gasteiger charge is 2.11. The van der Waals surface area contributed by atoms with Gasteiger partial charge in [0, 0.05) is 29.1 Å². The van der Waals surface area contributed by atoms with Crippen molar-refractivity contribution in [3.63, 3.8) is 0 Å². The molecule has 0 N–H and O–H groups in total. The lowest BCUT2D eigenvalue weighted by Crippen LogP contribution is -2.33. The zero-order valence-electron chi connectivity index (χ0n) is 15.4. The zero-order chi connectivity index (χ0) is 18.6. The molecule has 0 fully saturated rings. The molecule has 2 aromatic heterocycles. The molecule has 0 bridgehead atoms. The van der Waals surface area contributed by atoms with E-state index in [1.165, 1.54) is 16.7 Å². The molecule has 0 atom stereocenters. The van der Waals surface area contributed by atoms with Crippen molar-refractivity contribution < 1.29 is 8.98 Å². The Morgan fingerprint density at radius 1 is 0.852 bits per heavy atom. The molecule has 0 aliphatic rings. The van der Waals surface area contributed by atoms with Gasteiger partial charge in [0.05, 0.1) is 0 Å². The van der Waals surface area contributed by atoms with Gasteiger partial charge in [0.25, 0.3) is 0 Å². The molecule has 134 valence electrons. The fraction of sp³-hybridized carbons (Fsp3) is 0.167. The summed E-state index contributed by atoms with van der Waals surface area (Å²) >= 11 is 0. The van der Waals surface area contributed by atoms with Crippen LogP contribution in [0.1, 0.15) is 29.2 Å². The first kappa shape index (κ1) is 17.2. The molecular formula is C24H22NO2+. The van der Waals surface area contributed by atoms with Gasteiger partial charge in [0.1, 0.15) is 5.58 Å². The summed E-state index contributed by atoms with van der Waals surface area (Å²) in [5, 5.41) is 0.993. The number of hydrogen-bond acceptors (Lipinski definition) is 2. The van der Waals surface area contributed by atoms with Gasteiger partial charge in [-0.25, -0.2) is 9.36 Å². The minimum atomic E-state index is -0.299. The minimum Gasteiger partial charge on any atom is -0.423 e. The molecule has 0 radical (unpaired) electrons. The van der Waals surface area contributed by atoms with E-state index in [9.17, 15) is 4.79 Å². The standard InChI is InChI=1S/C24H22NO2/c1-2-18-8-9-22-21(16-24(26)27-23(22)15-18)17-25-12-10-20(11-13-25)14-19-6-4-3-5-7-19/h3-13,15-16H,2,14,17H2,1H3/q+1. The van der Waals surface area contributed by atoms with Gasteiger partial charge in [-0.05, 0) is 35.6 Å². The van der Waals surface area contributed by atoms with Gasteiger partial charge in [-0.3, -0.25) is 0 Å². The van der Waals surface area contributed by atoms with Gasteiger partial charge >= 0.3 is 5.63 Å². The van der Waals surface area contributed by atoms with Crippen LogP contribution in [-0.4, -0.2) is 0 Å². The second kappa shape index (κ2) is 7.58. The summed E-state index contributed by atoms with van der Waals surface area (Å²) in [6, 6.07) is 22.4. The molecule has 0 saturated heterocycles. The summed E-state index contributed by atoms with van der Waals surface area (Å²) in [5.74, 6) is 0. The van der Waals surface area contributed by atoms with E-state index < -0.39 is 0 Å². The van der Waals surface area contributed by atoms with Crippen LogP contribution < -0.4 is 10.2 Å². The van der Waals surface area contributed by atoms with Crippen molar-refractivity contribution in [1.82, 2.24) is 0 Å². The van der Waals surface area contributed by atoms with Gasteiger partial charge in [-0.1, -0.05) is 49.4 Å². The molecule has 4 aromatic rings. The Labute approximate surface area is 158 Å². The van der Waals surface area contributed by atoms with Crippen molar-refractivity contribution in [2.75, 3.05) is 0 Å². The molecule has 0 amide bonds. The van der Waals surface area contributed by atoms with E-state index in [-0.39, 0.29) is 5.63 Å². The van der Waals surface area contributed by atoms with Gasteiger partial charge in [-0.2, -0.15) is 0 Å². The van der Waals surface area contributed by atoms with Crippen LogP contribution in [0.3, 0.4) is 0 Å². The lowest BCUT2D eigenvalue weighted by molar-refractivity contribution is -0.688. The van der Waals surface area contributed by atoms with Crippen LogP contribution in [0.2, 0.25) is 0 Å². The molecule has 2 aromatic carbocycles. The highest BCUT2D eigenvalue weighted by Crippen LogP contribution is 2.19. The number of nitrogens with zero attached hydrogens (tertiary/aromatic N) is 1. The lowest BCUT2D eigenvalue weighted by atomic mass is 10.1. The fourth-order valence-corrected chi connectivity index (χ4v) is 3.36. The number of rotatable bonds is 5. The Morgan fingerprint density at radius 3 is 2.33 bits per heavy atom. The number of pyridine rings is 1. The minimum absolute atomic E-state index is 0.299. The average molecular weight is 356 g/mol. The average Bonchev–Trinajstić information content (AvgIpc) is 2.69. The molecule has 4 rings (SSSR count). The van der Waals surface area contributed by atoms with Crippen LogP contribution in [0.15, 0.2) is 88.3 Å². The molecule has 0 saturated carbocycles. The first-order valence-corrected chi connectivity index (χ1v) is 9.29. The van der Waals surface area contributed by atoms with Crippen LogP contribution in [-0.2, 0) is 19.4 Å². The van der Waals surface area contributed by atoms with E-state index in [4.69, 9.17) is 4.42 Å².